The van der Waals surface area contributed by atoms with Crippen molar-refractivity contribution in [2.45, 2.75) is 12.0 Å². The molecule has 1 atom stereocenters. The molecule has 2 aliphatic heterocycles. The van der Waals surface area contributed by atoms with Crippen molar-refractivity contribution in [2.24, 2.45) is 0 Å². The smallest absolute Gasteiger partial charge is 0.272 e. The van der Waals surface area contributed by atoms with Gasteiger partial charge in [0.1, 0.15) is 11.5 Å². The van der Waals surface area contributed by atoms with E-state index >= 15 is 0 Å². The number of likely N-dealkylation sites (tertiary alicyclic amines) is 1. The van der Waals surface area contributed by atoms with Crippen molar-refractivity contribution >= 4 is 28.4 Å². The molecule has 0 unspecified atom stereocenters. The van der Waals surface area contributed by atoms with E-state index in [4.69, 9.17) is 0 Å². The third-order valence-electron chi connectivity index (χ3n) is 6.49. The van der Waals surface area contributed by atoms with E-state index in [0.717, 1.165) is 17.3 Å². The Morgan fingerprint density at radius 1 is 1.06 bits per heavy atom. The lowest BCUT2D eigenvalue weighted by Gasteiger charge is -2.46. The predicted molar refractivity (Wildman–Crippen MR) is 116 cm³/mol. The zero-order valence-electron chi connectivity index (χ0n) is 17.3. The molecule has 1 spiro atoms. The van der Waals surface area contributed by atoms with Gasteiger partial charge in [0.25, 0.3) is 5.91 Å². The Morgan fingerprint density at radius 3 is 2.74 bits per heavy atom. The van der Waals surface area contributed by atoms with Crippen LogP contribution in [0.5, 0.6) is 0 Å². The minimum atomic E-state index is -0.371. The fourth-order valence-electron chi connectivity index (χ4n) is 4.66. The maximum Gasteiger partial charge on any atom is 0.272 e. The normalized spacial score (nSPS) is 21.9. The predicted octanol–water partition coefficient (Wildman–Crippen LogP) is 2.94. The summed E-state index contributed by atoms with van der Waals surface area (Å²) in [6, 6.07) is 17.5. The quantitative estimate of drug-likeness (QED) is 0.642. The van der Waals surface area contributed by atoms with Gasteiger partial charge < -0.3 is 9.80 Å². The second-order valence-corrected chi connectivity index (χ2v) is 8.41. The summed E-state index contributed by atoms with van der Waals surface area (Å²) >= 11 is 0. The van der Waals surface area contributed by atoms with E-state index in [2.05, 4.69) is 4.98 Å². The summed E-state index contributed by atoms with van der Waals surface area (Å²) in [6.07, 6.45) is 0.738. The lowest BCUT2D eigenvalue weighted by Crippen LogP contribution is -2.64. The number of anilines is 1. The average molecular weight is 418 g/mol. The summed E-state index contributed by atoms with van der Waals surface area (Å²) in [5.74, 6) is -0.547. The maximum atomic E-state index is 13.8. The number of pyridine rings is 1. The van der Waals surface area contributed by atoms with Crippen molar-refractivity contribution < 1.29 is 14.0 Å². The molecule has 2 saturated heterocycles. The molecule has 3 heterocycles. The van der Waals surface area contributed by atoms with Gasteiger partial charge in [-0.15, -0.1) is 0 Å². The Morgan fingerprint density at radius 2 is 1.90 bits per heavy atom. The van der Waals surface area contributed by atoms with Crippen LogP contribution >= 0.6 is 0 Å². The van der Waals surface area contributed by atoms with Crippen LogP contribution in [0.2, 0.25) is 0 Å². The molecule has 2 aliphatic rings. The first-order valence-corrected chi connectivity index (χ1v) is 10.4. The standard InChI is InChI=1S/C24H23FN4O2/c1-27-14-22(30)29(19-7-4-6-18(25)13-19)16-24(27)11-12-28(15-24)23(31)21-10-9-17-5-2-3-8-20(17)26-21/h2-10,13H,11-12,14-16H2,1H3/t24-/m1/s1. The minimum absolute atomic E-state index is 0.0697. The molecule has 0 aliphatic carbocycles. The van der Waals surface area contributed by atoms with E-state index < -0.39 is 0 Å². The summed E-state index contributed by atoms with van der Waals surface area (Å²) in [7, 11) is 1.92. The fraction of sp³-hybridized carbons (Fsp3) is 0.292. The van der Waals surface area contributed by atoms with Gasteiger partial charge in [0, 0.05) is 30.7 Å². The molecule has 7 heteroatoms. The number of fused-ring (bicyclic) bond motifs is 1. The highest BCUT2D eigenvalue weighted by molar-refractivity contribution is 5.97. The van der Waals surface area contributed by atoms with Crippen LogP contribution in [-0.2, 0) is 4.79 Å². The number of carbonyl (C=O) groups is 2. The molecule has 1 aromatic heterocycles. The Labute approximate surface area is 179 Å². The van der Waals surface area contributed by atoms with Crippen molar-refractivity contribution in [3.8, 4) is 0 Å². The molecule has 5 rings (SSSR count). The van der Waals surface area contributed by atoms with E-state index in [1.54, 1.807) is 23.1 Å². The Kier molecular flexibility index (Phi) is 4.70. The average Bonchev–Trinajstić information content (AvgIpc) is 3.21. The largest absolute Gasteiger partial charge is 0.335 e. The van der Waals surface area contributed by atoms with Gasteiger partial charge in [0.05, 0.1) is 17.6 Å². The number of benzene rings is 2. The number of piperazine rings is 1. The maximum absolute atomic E-state index is 13.8. The van der Waals surface area contributed by atoms with Crippen LogP contribution in [0.25, 0.3) is 10.9 Å². The van der Waals surface area contributed by atoms with Crippen LogP contribution in [0.3, 0.4) is 0 Å². The molecule has 31 heavy (non-hydrogen) atoms. The van der Waals surface area contributed by atoms with Crippen LogP contribution in [0.1, 0.15) is 16.9 Å². The van der Waals surface area contributed by atoms with Crippen LogP contribution in [0.4, 0.5) is 10.1 Å². The first-order valence-electron chi connectivity index (χ1n) is 10.4. The van der Waals surface area contributed by atoms with Gasteiger partial charge in [0.15, 0.2) is 0 Å². The molecule has 0 saturated carbocycles. The van der Waals surface area contributed by atoms with Gasteiger partial charge >= 0.3 is 0 Å². The third kappa shape index (κ3) is 3.45. The van der Waals surface area contributed by atoms with Crippen LogP contribution in [0, 0.1) is 5.82 Å². The number of halogens is 1. The second kappa shape index (κ2) is 7.42. The number of para-hydroxylation sites is 1. The van der Waals surface area contributed by atoms with Crippen LogP contribution in [-0.4, -0.2) is 65.4 Å². The minimum Gasteiger partial charge on any atom is -0.335 e. The van der Waals surface area contributed by atoms with E-state index in [1.807, 2.05) is 47.2 Å². The van der Waals surface area contributed by atoms with Crippen molar-refractivity contribution in [1.29, 1.82) is 0 Å². The Bertz CT molecular complexity index is 1180. The van der Waals surface area contributed by atoms with Crippen molar-refractivity contribution in [3.63, 3.8) is 0 Å². The monoisotopic (exact) mass is 418 g/mol. The molecule has 0 bridgehead atoms. The highest BCUT2D eigenvalue weighted by Crippen LogP contribution is 2.34. The molecule has 2 amide bonds. The Hall–Kier alpha value is -3.32. The lowest BCUT2D eigenvalue weighted by molar-refractivity contribution is -0.123. The SMILES string of the molecule is CN1CC(=O)N(c2cccc(F)c2)C[C@]12CCN(C(=O)c1ccc3ccccc3n1)C2. The number of aromatic nitrogens is 1. The lowest BCUT2D eigenvalue weighted by atomic mass is 9.92. The second-order valence-electron chi connectivity index (χ2n) is 8.41. The molecule has 158 valence electrons. The highest BCUT2D eigenvalue weighted by atomic mass is 19.1. The molecule has 2 fully saturated rings. The van der Waals surface area contributed by atoms with Gasteiger partial charge in [0.2, 0.25) is 5.91 Å². The summed E-state index contributed by atoms with van der Waals surface area (Å²) in [5.41, 5.74) is 1.40. The topological polar surface area (TPSA) is 56.8 Å². The molecule has 0 radical (unpaired) electrons. The van der Waals surface area contributed by atoms with Crippen molar-refractivity contribution in [3.05, 3.63) is 72.2 Å². The number of rotatable bonds is 2. The van der Waals surface area contributed by atoms with Gasteiger partial charge in [-0.1, -0.05) is 30.3 Å². The molecular weight excluding hydrogens is 395 g/mol. The zero-order chi connectivity index (χ0) is 21.6. The number of likely N-dealkylation sites (N-methyl/N-ethyl adjacent to an activating group) is 1. The number of amides is 2. The van der Waals surface area contributed by atoms with Gasteiger partial charge in [-0.3, -0.25) is 14.5 Å². The van der Waals surface area contributed by atoms with Gasteiger partial charge in [-0.05, 0) is 43.8 Å². The van der Waals surface area contributed by atoms with E-state index in [1.165, 1.54) is 12.1 Å². The van der Waals surface area contributed by atoms with Gasteiger partial charge in [-0.25, -0.2) is 9.37 Å². The molecule has 3 aromatic rings. The van der Waals surface area contributed by atoms with E-state index in [-0.39, 0.29) is 29.7 Å². The summed E-state index contributed by atoms with van der Waals surface area (Å²) in [4.78, 5) is 35.9. The van der Waals surface area contributed by atoms with Crippen molar-refractivity contribution in [1.82, 2.24) is 14.8 Å². The number of hydrogen-bond donors (Lipinski definition) is 0. The van der Waals surface area contributed by atoms with Gasteiger partial charge in [-0.2, -0.15) is 0 Å². The summed E-state index contributed by atoms with van der Waals surface area (Å²) in [5, 5.41) is 0.994. The molecular formula is C24H23FN4O2. The number of carbonyl (C=O) groups excluding carboxylic acids is 2. The summed E-state index contributed by atoms with van der Waals surface area (Å²) in [6.45, 7) is 1.73. The molecule has 0 N–H and O–H groups in total. The number of hydrogen-bond acceptors (Lipinski definition) is 4. The Balaban J connectivity index is 1.39. The first kappa shape index (κ1) is 19.6. The van der Waals surface area contributed by atoms with E-state index in [9.17, 15) is 14.0 Å². The van der Waals surface area contributed by atoms with Crippen molar-refractivity contribution in [2.75, 3.05) is 38.1 Å². The summed E-state index contributed by atoms with van der Waals surface area (Å²) < 4.78 is 13.8. The van der Waals surface area contributed by atoms with E-state index in [0.29, 0.717) is 31.0 Å². The zero-order valence-corrected chi connectivity index (χ0v) is 17.3. The number of nitrogens with zero attached hydrogens (tertiary/aromatic N) is 4. The van der Waals surface area contributed by atoms with Crippen LogP contribution < -0.4 is 4.90 Å². The first-order chi connectivity index (χ1) is 14.9. The fourth-order valence-corrected chi connectivity index (χ4v) is 4.66. The highest BCUT2D eigenvalue weighted by Gasteiger charge is 2.48. The van der Waals surface area contributed by atoms with Crippen LogP contribution in [0.15, 0.2) is 60.7 Å². The molecule has 6 nitrogen and oxygen atoms in total. The third-order valence-corrected chi connectivity index (χ3v) is 6.49. The molecule has 2 aromatic carbocycles.